The second kappa shape index (κ2) is 8.97. The standard InChI is InChI=1S/C20H21F3N4O2S/c1-2-16(28)27-12-14(11-13-5-3-6-15(17(13)27)20(21,22)23)18(29)26(9-4-7-24)19-25-8-10-30-19/h3,5-6,8,10,12H,2,4,7,9,11,24H2,1H3. The van der Waals surface area contributed by atoms with Gasteiger partial charge in [0.2, 0.25) is 5.91 Å². The summed E-state index contributed by atoms with van der Waals surface area (Å²) in [5.41, 5.74) is 4.96. The fourth-order valence-electron chi connectivity index (χ4n) is 3.27. The number of hydrogen-bond acceptors (Lipinski definition) is 5. The third kappa shape index (κ3) is 4.39. The molecule has 160 valence electrons. The summed E-state index contributed by atoms with van der Waals surface area (Å²) < 4.78 is 40.7. The predicted molar refractivity (Wildman–Crippen MR) is 109 cm³/mol. The highest BCUT2D eigenvalue weighted by molar-refractivity contribution is 7.13. The predicted octanol–water partition coefficient (Wildman–Crippen LogP) is 3.73. The molecule has 0 fully saturated rings. The van der Waals surface area contributed by atoms with Crippen molar-refractivity contribution in [2.75, 3.05) is 22.9 Å². The topological polar surface area (TPSA) is 79.5 Å². The van der Waals surface area contributed by atoms with Crippen molar-refractivity contribution in [2.24, 2.45) is 5.73 Å². The van der Waals surface area contributed by atoms with Gasteiger partial charge in [0.25, 0.3) is 5.91 Å². The summed E-state index contributed by atoms with van der Waals surface area (Å²) in [4.78, 5) is 32.4. The molecule has 0 atom stereocenters. The third-order valence-electron chi connectivity index (χ3n) is 4.66. The number of benzene rings is 1. The van der Waals surface area contributed by atoms with Crippen LogP contribution in [0.15, 0.2) is 41.5 Å². The molecular formula is C20H21F3N4O2S. The van der Waals surface area contributed by atoms with E-state index in [0.717, 1.165) is 11.0 Å². The number of anilines is 2. The van der Waals surface area contributed by atoms with E-state index < -0.39 is 23.6 Å². The van der Waals surface area contributed by atoms with Crippen molar-refractivity contribution in [3.8, 4) is 0 Å². The van der Waals surface area contributed by atoms with Gasteiger partial charge < -0.3 is 5.73 Å². The van der Waals surface area contributed by atoms with Gasteiger partial charge >= 0.3 is 6.18 Å². The Morgan fingerprint density at radius 2 is 2.10 bits per heavy atom. The number of hydrogen-bond donors (Lipinski definition) is 1. The summed E-state index contributed by atoms with van der Waals surface area (Å²) in [7, 11) is 0. The smallest absolute Gasteiger partial charge is 0.330 e. The van der Waals surface area contributed by atoms with E-state index in [1.807, 2.05) is 0 Å². The van der Waals surface area contributed by atoms with Gasteiger partial charge in [-0.15, -0.1) is 11.3 Å². The first kappa shape index (κ1) is 22.0. The average molecular weight is 438 g/mol. The van der Waals surface area contributed by atoms with Gasteiger partial charge in [-0.05, 0) is 24.6 Å². The van der Waals surface area contributed by atoms with Crippen LogP contribution in [0.1, 0.15) is 30.9 Å². The van der Waals surface area contributed by atoms with Crippen LogP contribution in [-0.2, 0) is 22.2 Å². The lowest BCUT2D eigenvalue weighted by atomic mass is 9.95. The van der Waals surface area contributed by atoms with Crippen molar-refractivity contribution in [1.82, 2.24) is 4.98 Å². The molecule has 10 heteroatoms. The number of halogens is 3. The van der Waals surface area contributed by atoms with Crippen LogP contribution in [0.4, 0.5) is 24.0 Å². The maximum absolute atomic E-state index is 13.6. The summed E-state index contributed by atoms with van der Waals surface area (Å²) in [6.07, 6.45) is -1.32. The van der Waals surface area contributed by atoms with Crippen molar-refractivity contribution in [1.29, 1.82) is 0 Å². The molecule has 1 aliphatic rings. The van der Waals surface area contributed by atoms with E-state index in [9.17, 15) is 22.8 Å². The zero-order chi connectivity index (χ0) is 21.9. The quantitative estimate of drug-likeness (QED) is 0.746. The minimum Gasteiger partial charge on any atom is -0.330 e. The molecule has 2 amide bonds. The van der Waals surface area contributed by atoms with E-state index in [-0.39, 0.29) is 29.7 Å². The Kier molecular flexibility index (Phi) is 6.57. The van der Waals surface area contributed by atoms with E-state index in [1.54, 1.807) is 18.5 Å². The minimum absolute atomic E-state index is 0.00697. The monoisotopic (exact) mass is 438 g/mol. The lowest BCUT2D eigenvalue weighted by Gasteiger charge is -2.31. The molecule has 2 aromatic rings. The number of aromatic nitrogens is 1. The van der Waals surface area contributed by atoms with Crippen molar-refractivity contribution >= 4 is 34.0 Å². The van der Waals surface area contributed by atoms with Gasteiger partial charge in [0, 0.05) is 42.7 Å². The molecule has 2 N–H and O–H groups in total. The fourth-order valence-corrected chi connectivity index (χ4v) is 3.94. The van der Waals surface area contributed by atoms with Gasteiger partial charge in [0.15, 0.2) is 5.13 Å². The lowest BCUT2D eigenvalue weighted by Crippen LogP contribution is -2.38. The van der Waals surface area contributed by atoms with Crippen LogP contribution in [0.25, 0.3) is 0 Å². The van der Waals surface area contributed by atoms with Gasteiger partial charge in [0.1, 0.15) is 0 Å². The van der Waals surface area contributed by atoms with Gasteiger partial charge in [0.05, 0.1) is 11.3 Å². The number of nitrogens with two attached hydrogens (primary N) is 1. The normalized spacial score (nSPS) is 13.6. The lowest BCUT2D eigenvalue weighted by molar-refractivity contribution is -0.137. The first-order valence-electron chi connectivity index (χ1n) is 9.41. The highest BCUT2D eigenvalue weighted by Crippen LogP contribution is 2.42. The maximum Gasteiger partial charge on any atom is 0.418 e. The summed E-state index contributed by atoms with van der Waals surface area (Å²) in [5.74, 6) is -0.934. The van der Waals surface area contributed by atoms with E-state index in [0.29, 0.717) is 24.6 Å². The molecule has 1 aromatic heterocycles. The van der Waals surface area contributed by atoms with Crippen LogP contribution in [0.2, 0.25) is 0 Å². The number of fused-ring (bicyclic) bond motifs is 1. The molecule has 2 heterocycles. The van der Waals surface area contributed by atoms with E-state index in [4.69, 9.17) is 5.73 Å². The Balaban J connectivity index is 2.05. The van der Waals surface area contributed by atoms with Crippen molar-refractivity contribution in [3.05, 3.63) is 52.7 Å². The number of amides is 2. The van der Waals surface area contributed by atoms with Crippen LogP contribution in [0.3, 0.4) is 0 Å². The van der Waals surface area contributed by atoms with E-state index >= 15 is 0 Å². The molecule has 3 rings (SSSR count). The number of thiazole rings is 1. The molecule has 1 aromatic carbocycles. The first-order valence-corrected chi connectivity index (χ1v) is 10.3. The fraction of sp³-hybridized carbons (Fsp3) is 0.350. The Labute approximate surface area is 175 Å². The molecule has 0 saturated heterocycles. The zero-order valence-corrected chi connectivity index (χ0v) is 17.1. The van der Waals surface area contributed by atoms with Crippen LogP contribution >= 0.6 is 11.3 Å². The van der Waals surface area contributed by atoms with Gasteiger partial charge in [-0.2, -0.15) is 13.2 Å². The average Bonchev–Trinajstić information content (AvgIpc) is 3.25. The summed E-state index contributed by atoms with van der Waals surface area (Å²) in [6.45, 7) is 2.25. The maximum atomic E-state index is 13.6. The largest absolute Gasteiger partial charge is 0.418 e. The molecule has 0 aliphatic carbocycles. The van der Waals surface area contributed by atoms with Gasteiger partial charge in [-0.25, -0.2) is 4.98 Å². The molecule has 0 radical (unpaired) electrons. The SMILES string of the molecule is CCC(=O)N1C=C(C(=O)N(CCCN)c2nccs2)Cc2cccc(C(F)(F)F)c21. The Morgan fingerprint density at radius 1 is 1.33 bits per heavy atom. The molecule has 6 nitrogen and oxygen atoms in total. The summed E-state index contributed by atoms with van der Waals surface area (Å²) in [6, 6.07) is 3.74. The third-order valence-corrected chi connectivity index (χ3v) is 5.45. The van der Waals surface area contributed by atoms with Crippen LogP contribution in [0, 0.1) is 0 Å². The Morgan fingerprint density at radius 3 is 2.70 bits per heavy atom. The van der Waals surface area contributed by atoms with Crippen LogP contribution in [0.5, 0.6) is 0 Å². The molecular weight excluding hydrogens is 417 g/mol. The number of alkyl halides is 3. The Bertz CT molecular complexity index is 957. The van der Waals surface area contributed by atoms with E-state index in [1.165, 1.54) is 34.6 Å². The molecule has 30 heavy (non-hydrogen) atoms. The molecule has 0 bridgehead atoms. The molecule has 0 unspecified atom stereocenters. The number of nitrogens with zero attached hydrogens (tertiary/aromatic N) is 3. The first-order chi connectivity index (χ1) is 14.3. The molecule has 0 saturated carbocycles. The molecule has 1 aliphatic heterocycles. The number of carbonyl (C=O) groups excluding carboxylic acids is 2. The molecule has 0 spiro atoms. The minimum atomic E-state index is -4.62. The van der Waals surface area contributed by atoms with Crippen LogP contribution in [-0.4, -0.2) is 29.9 Å². The van der Waals surface area contributed by atoms with Gasteiger partial charge in [-0.3, -0.25) is 19.4 Å². The highest BCUT2D eigenvalue weighted by atomic mass is 32.1. The second-order valence-corrected chi connectivity index (χ2v) is 7.55. The van der Waals surface area contributed by atoms with Crippen molar-refractivity contribution < 1.29 is 22.8 Å². The van der Waals surface area contributed by atoms with E-state index in [2.05, 4.69) is 4.98 Å². The van der Waals surface area contributed by atoms with Crippen molar-refractivity contribution in [2.45, 2.75) is 32.4 Å². The summed E-state index contributed by atoms with van der Waals surface area (Å²) >= 11 is 1.27. The van der Waals surface area contributed by atoms with Gasteiger partial charge in [-0.1, -0.05) is 19.1 Å². The summed E-state index contributed by atoms with van der Waals surface area (Å²) in [5, 5.41) is 2.20. The highest BCUT2D eigenvalue weighted by Gasteiger charge is 2.39. The number of rotatable bonds is 6. The van der Waals surface area contributed by atoms with Crippen LogP contribution < -0.4 is 15.5 Å². The zero-order valence-electron chi connectivity index (χ0n) is 16.3. The number of para-hydroxylation sites is 1. The second-order valence-electron chi connectivity index (χ2n) is 6.67. The van der Waals surface area contributed by atoms with Crippen molar-refractivity contribution in [3.63, 3.8) is 0 Å². The number of carbonyl (C=O) groups is 2. The Hall–Kier alpha value is -2.72.